The van der Waals surface area contributed by atoms with Gasteiger partial charge in [0.05, 0.1) is 0 Å². The van der Waals surface area contributed by atoms with E-state index in [0.717, 1.165) is 6.42 Å². The van der Waals surface area contributed by atoms with Crippen LogP contribution in [0.3, 0.4) is 0 Å². The fourth-order valence-corrected chi connectivity index (χ4v) is 2.28. The Morgan fingerprint density at radius 1 is 0.944 bits per heavy atom. The third-order valence-corrected chi connectivity index (χ3v) is 3.73. The number of rotatable bonds is 4. The first-order valence-electron chi connectivity index (χ1n) is 6.27. The van der Waals surface area contributed by atoms with Gasteiger partial charge in [-0.25, -0.2) is 24.0 Å². The van der Waals surface area contributed by atoms with Gasteiger partial charge in [0.15, 0.2) is 0 Å². The summed E-state index contributed by atoms with van der Waals surface area (Å²) in [6.45, 7) is 17.0. The van der Waals surface area contributed by atoms with Crippen LogP contribution in [0.5, 0.6) is 0 Å². The van der Waals surface area contributed by atoms with Gasteiger partial charge in [0.25, 0.3) is 0 Å². The minimum Gasteiger partial charge on any atom is -0.293 e. The predicted molar refractivity (Wildman–Crippen MR) is 77.3 cm³/mol. The molecule has 1 aromatic carbocycles. The third-order valence-electron chi connectivity index (χ3n) is 3.73. The molecule has 0 fully saturated rings. The Bertz CT molecular complexity index is 442. The average molecular weight is 317 g/mol. The molecule has 0 aliphatic carbocycles. The monoisotopic (exact) mass is 317 g/mol. The summed E-state index contributed by atoms with van der Waals surface area (Å²) < 4.78 is 0. The molecule has 0 spiro atoms. The number of hydrogen-bond donors (Lipinski definition) is 0. The standard InChI is InChI=1S/C17H24.Y/c1-8-16-14(6)12(4)13(5)15(7)17(16)10-9-11(2)3;/h8,10H,2,9H2,1,3-7H3;/q-2;. The van der Waals surface area contributed by atoms with Crippen molar-refractivity contribution in [2.45, 2.75) is 48.0 Å². The third kappa shape index (κ3) is 3.65. The van der Waals surface area contributed by atoms with E-state index in [0.29, 0.717) is 0 Å². The van der Waals surface area contributed by atoms with Gasteiger partial charge in [-0.3, -0.25) is 11.1 Å². The maximum Gasteiger partial charge on any atom is 0 e. The van der Waals surface area contributed by atoms with Crippen LogP contribution < -0.4 is 0 Å². The molecule has 0 heterocycles. The van der Waals surface area contributed by atoms with Crippen LogP contribution in [0.25, 0.3) is 0 Å². The van der Waals surface area contributed by atoms with Gasteiger partial charge in [0.1, 0.15) is 0 Å². The van der Waals surface area contributed by atoms with Gasteiger partial charge in [-0.15, -0.1) is 24.6 Å². The topological polar surface area (TPSA) is 0 Å². The Morgan fingerprint density at radius 3 is 1.78 bits per heavy atom. The van der Waals surface area contributed by atoms with Crippen molar-refractivity contribution in [2.75, 3.05) is 0 Å². The van der Waals surface area contributed by atoms with Crippen LogP contribution in [0.15, 0.2) is 12.2 Å². The molecule has 1 radical (unpaired) electrons. The zero-order valence-electron chi connectivity index (χ0n) is 12.6. The van der Waals surface area contributed by atoms with Gasteiger partial charge in [-0.1, -0.05) is 39.7 Å². The fraction of sp³-hybridized carbons (Fsp3) is 0.412. The van der Waals surface area contributed by atoms with E-state index in [4.69, 9.17) is 0 Å². The molecule has 0 aromatic heterocycles. The Morgan fingerprint density at radius 2 is 1.39 bits per heavy atom. The van der Waals surface area contributed by atoms with Crippen LogP contribution in [-0.4, -0.2) is 0 Å². The van der Waals surface area contributed by atoms with E-state index in [2.05, 4.69) is 61.0 Å². The SMILES string of the molecule is C=C(C)C[CH-]c1c(C)c(C)c(C)c(C)c1[CH-]C.[Y]. The van der Waals surface area contributed by atoms with Crippen molar-refractivity contribution >= 4 is 0 Å². The summed E-state index contributed by atoms with van der Waals surface area (Å²) in [6.07, 6.45) is 5.50. The van der Waals surface area contributed by atoms with E-state index < -0.39 is 0 Å². The summed E-state index contributed by atoms with van der Waals surface area (Å²) in [7, 11) is 0. The summed E-state index contributed by atoms with van der Waals surface area (Å²) in [5, 5.41) is 0. The predicted octanol–water partition coefficient (Wildman–Crippen LogP) is 5.01. The second-order valence-electron chi connectivity index (χ2n) is 4.98. The van der Waals surface area contributed by atoms with Crippen molar-refractivity contribution in [1.29, 1.82) is 0 Å². The Hall–Kier alpha value is -0.196. The first-order chi connectivity index (χ1) is 7.90. The Kier molecular flexibility index (Phi) is 7.33. The van der Waals surface area contributed by atoms with E-state index in [1.165, 1.54) is 39.0 Å². The van der Waals surface area contributed by atoms with E-state index in [1.54, 1.807) is 0 Å². The summed E-state index contributed by atoms with van der Waals surface area (Å²) in [4.78, 5) is 0. The Labute approximate surface area is 138 Å². The first kappa shape index (κ1) is 17.8. The Balaban J connectivity index is 0.00000289. The second kappa shape index (κ2) is 7.41. The minimum absolute atomic E-state index is 0. The molecular weight excluding hydrogens is 293 g/mol. The smallest absolute Gasteiger partial charge is 0 e. The molecule has 0 aliphatic rings. The molecule has 0 unspecified atom stereocenters. The molecule has 18 heavy (non-hydrogen) atoms. The van der Waals surface area contributed by atoms with Gasteiger partial charge < -0.3 is 0 Å². The van der Waals surface area contributed by atoms with Gasteiger partial charge in [-0.2, -0.15) is 0 Å². The van der Waals surface area contributed by atoms with E-state index in [9.17, 15) is 0 Å². The molecule has 97 valence electrons. The molecular formula is C17H24Y-2. The van der Waals surface area contributed by atoms with Crippen LogP contribution in [0.2, 0.25) is 0 Å². The number of benzene rings is 1. The van der Waals surface area contributed by atoms with Crippen LogP contribution in [-0.2, 0) is 32.7 Å². The van der Waals surface area contributed by atoms with E-state index in [1.807, 2.05) is 0 Å². The maximum absolute atomic E-state index is 3.98. The maximum atomic E-state index is 3.98. The molecule has 1 heteroatoms. The molecule has 0 saturated carbocycles. The van der Waals surface area contributed by atoms with Crippen molar-refractivity contribution in [3.63, 3.8) is 0 Å². The van der Waals surface area contributed by atoms with Gasteiger partial charge in [-0.05, 0) is 6.92 Å². The summed E-state index contributed by atoms with van der Waals surface area (Å²) >= 11 is 0. The first-order valence-corrected chi connectivity index (χ1v) is 6.27. The van der Waals surface area contributed by atoms with Crippen LogP contribution in [0, 0.1) is 40.5 Å². The van der Waals surface area contributed by atoms with Crippen molar-refractivity contribution in [1.82, 2.24) is 0 Å². The minimum atomic E-state index is 0. The molecule has 0 bridgehead atoms. The summed E-state index contributed by atoms with van der Waals surface area (Å²) in [5.41, 5.74) is 9.63. The molecule has 0 N–H and O–H groups in total. The van der Waals surface area contributed by atoms with Crippen molar-refractivity contribution in [2.24, 2.45) is 0 Å². The van der Waals surface area contributed by atoms with Crippen molar-refractivity contribution in [3.8, 4) is 0 Å². The molecule has 1 rings (SSSR count). The number of allylic oxidation sites excluding steroid dienone is 1. The molecule has 0 nitrogen and oxygen atoms in total. The molecule has 1 aromatic rings. The summed E-state index contributed by atoms with van der Waals surface area (Å²) in [5.74, 6) is 0. The zero-order chi connectivity index (χ0) is 13.2. The normalized spacial score (nSPS) is 9.67. The van der Waals surface area contributed by atoms with Crippen LogP contribution in [0.1, 0.15) is 53.6 Å². The molecule has 0 amide bonds. The van der Waals surface area contributed by atoms with Gasteiger partial charge in [0, 0.05) is 32.7 Å². The molecule has 0 saturated heterocycles. The van der Waals surface area contributed by atoms with Crippen molar-refractivity contribution in [3.05, 3.63) is 58.4 Å². The largest absolute Gasteiger partial charge is 0.293 e. The fourth-order valence-electron chi connectivity index (χ4n) is 2.28. The van der Waals surface area contributed by atoms with Crippen LogP contribution in [0.4, 0.5) is 0 Å². The van der Waals surface area contributed by atoms with Gasteiger partial charge >= 0.3 is 0 Å². The van der Waals surface area contributed by atoms with Crippen molar-refractivity contribution < 1.29 is 32.7 Å². The van der Waals surface area contributed by atoms with Crippen LogP contribution >= 0.6 is 0 Å². The molecule has 0 aliphatic heterocycles. The van der Waals surface area contributed by atoms with Gasteiger partial charge in [0.2, 0.25) is 0 Å². The van der Waals surface area contributed by atoms with E-state index in [-0.39, 0.29) is 32.7 Å². The molecule has 0 atom stereocenters. The second-order valence-corrected chi connectivity index (χ2v) is 4.98. The summed E-state index contributed by atoms with van der Waals surface area (Å²) in [6, 6.07) is 0. The van der Waals surface area contributed by atoms with E-state index >= 15 is 0 Å². The average Bonchev–Trinajstić information content (AvgIpc) is 2.29. The number of hydrogen-bond acceptors (Lipinski definition) is 0. The quantitative estimate of drug-likeness (QED) is 0.541. The zero-order valence-corrected chi connectivity index (χ0v) is 15.5.